The summed E-state index contributed by atoms with van der Waals surface area (Å²) in [4.78, 5) is 10.3. The van der Waals surface area contributed by atoms with Gasteiger partial charge < -0.3 is 9.42 Å². The molecule has 17 heavy (non-hydrogen) atoms. The molecule has 0 bridgehead atoms. The Morgan fingerprint density at radius 1 is 1.41 bits per heavy atom. The Hall–Kier alpha value is -1.91. The maximum atomic E-state index is 5.20. The number of nitrogens with zero attached hydrogens (tertiary/aromatic N) is 4. The van der Waals surface area contributed by atoms with Crippen LogP contribution in [0.15, 0.2) is 29.0 Å². The Morgan fingerprint density at radius 2 is 2.24 bits per heavy atom. The lowest BCUT2D eigenvalue weighted by atomic mass is 10.2. The first-order valence-corrected chi connectivity index (χ1v) is 5.60. The van der Waals surface area contributed by atoms with Gasteiger partial charge in [-0.1, -0.05) is 25.1 Å². The first-order valence-electron chi connectivity index (χ1n) is 5.60. The van der Waals surface area contributed by atoms with Crippen molar-refractivity contribution in [1.29, 1.82) is 0 Å². The fourth-order valence-corrected chi connectivity index (χ4v) is 1.45. The SMILES string of the molecule is CC(C)c1noc(N(C)Cc2cccnc2)n1. The van der Waals surface area contributed by atoms with Crippen LogP contribution in [-0.2, 0) is 6.54 Å². The van der Waals surface area contributed by atoms with Crippen LogP contribution in [0.2, 0.25) is 0 Å². The van der Waals surface area contributed by atoms with Gasteiger partial charge in [-0.25, -0.2) is 0 Å². The summed E-state index contributed by atoms with van der Waals surface area (Å²) in [5.41, 5.74) is 1.11. The summed E-state index contributed by atoms with van der Waals surface area (Å²) in [5, 5.41) is 3.93. The number of hydrogen-bond donors (Lipinski definition) is 0. The highest BCUT2D eigenvalue weighted by atomic mass is 16.5. The Morgan fingerprint density at radius 3 is 2.82 bits per heavy atom. The molecule has 0 aliphatic heterocycles. The third-order valence-electron chi connectivity index (χ3n) is 2.42. The average Bonchev–Trinajstić information content (AvgIpc) is 2.79. The minimum absolute atomic E-state index is 0.277. The molecule has 0 aliphatic rings. The first-order chi connectivity index (χ1) is 8.16. The van der Waals surface area contributed by atoms with Crippen LogP contribution in [0.25, 0.3) is 0 Å². The second kappa shape index (κ2) is 4.95. The number of rotatable bonds is 4. The van der Waals surface area contributed by atoms with Crippen molar-refractivity contribution in [3.8, 4) is 0 Å². The minimum atomic E-state index is 0.277. The molecule has 0 aliphatic carbocycles. The summed E-state index contributed by atoms with van der Waals surface area (Å²) in [6.45, 7) is 4.78. The van der Waals surface area contributed by atoms with Crippen molar-refractivity contribution in [2.75, 3.05) is 11.9 Å². The lowest BCUT2D eigenvalue weighted by Gasteiger charge is -2.12. The number of hydrogen-bond acceptors (Lipinski definition) is 5. The van der Waals surface area contributed by atoms with Crippen LogP contribution in [0.5, 0.6) is 0 Å². The third kappa shape index (κ3) is 2.81. The van der Waals surface area contributed by atoms with Gasteiger partial charge >= 0.3 is 6.01 Å². The molecule has 0 aromatic carbocycles. The van der Waals surface area contributed by atoms with Gasteiger partial charge in [0, 0.05) is 31.9 Å². The molecule has 2 aromatic heterocycles. The summed E-state index contributed by atoms with van der Waals surface area (Å²) in [6.07, 6.45) is 3.59. The predicted molar refractivity (Wildman–Crippen MR) is 64.7 cm³/mol. The lowest BCUT2D eigenvalue weighted by molar-refractivity contribution is 0.407. The zero-order valence-corrected chi connectivity index (χ0v) is 10.3. The molecule has 0 atom stereocenters. The Bertz CT molecular complexity index is 466. The highest BCUT2D eigenvalue weighted by molar-refractivity contribution is 5.26. The predicted octanol–water partition coefficient (Wildman–Crippen LogP) is 2.22. The van der Waals surface area contributed by atoms with E-state index in [0.29, 0.717) is 12.6 Å². The van der Waals surface area contributed by atoms with Crippen LogP contribution in [0.3, 0.4) is 0 Å². The van der Waals surface area contributed by atoms with Crippen molar-refractivity contribution in [3.63, 3.8) is 0 Å². The highest BCUT2D eigenvalue weighted by Gasteiger charge is 2.13. The summed E-state index contributed by atoms with van der Waals surface area (Å²) in [7, 11) is 1.92. The molecule has 5 nitrogen and oxygen atoms in total. The first kappa shape index (κ1) is 11.6. The van der Waals surface area contributed by atoms with Crippen LogP contribution in [0, 0.1) is 0 Å². The number of pyridine rings is 1. The van der Waals surface area contributed by atoms with Gasteiger partial charge in [-0.05, 0) is 11.6 Å². The van der Waals surface area contributed by atoms with Gasteiger partial charge in [0.25, 0.3) is 0 Å². The molecule has 0 radical (unpaired) electrons. The van der Waals surface area contributed by atoms with Crippen molar-refractivity contribution in [2.45, 2.75) is 26.3 Å². The zero-order valence-electron chi connectivity index (χ0n) is 10.3. The number of anilines is 1. The van der Waals surface area contributed by atoms with Gasteiger partial charge in [0.05, 0.1) is 0 Å². The van der Waals surface area contributed by atoms with E-state index in [1.807, 2.05) is 44.1 Å². The van der Waals surface area contributed by atoms with Crippen molar-refractivity contribution >= 4 is 6.01 Å². The molecule has 90 valence electrons. The molecule has 0 amide bonds. The summed E-state index contributed by atoms with van der Waals surface area (Å²) >= 11 is 0. The lowest BCUT2D eigenvalue weighted by Crippen LogP contribution is -2.16. The molecular formula is C12H16N4O. The topological polar surface area (TPSA) is 55.1 Å². The second-order valence-electron chi connectivity index (χ2n) is 4.31. The van der Waals surface area contributed by atoms with Crippen LogP contribution < -0.4 is 4.90 Å². The highest BCUT2D eigenvalue weighted by Crippen LogP contribution is 2.16. The van der Waals surface area contributed by atoms with E-state index < -0.39 is 0 Å². The van der Waals surface area contributed by atoms with Crippen molar-refractivity contribution < 1.29 is 4.52 Å². The van der Waals surface area contributed by atoms with Crippen LogP contribution in [0.4, 0.5) is 6.01 Å². The number of aromatic nitrogens is 3. The van der Waals surface area contributed by atoms with E-state index in [9.17, 15) is 0 Å². The third-order valence-corrected chi connectivity index (χ3v) is 2.42. The zero-order chi connectivity index (χ0) is 12.3. The standard InChI is InChI=1S/C12H16N4O/c1-9(2)11-14-12(17-15-11)16(3)8-10-5-4-6-13-7-10/h4-7,9H,8H2,1-3H3. The van der Waals surface area contributed by atoms with Gasteiger partial charge in [0.15, 0.2) is 5.82 Å². The smallest absolute Gasteiger partial charge is 0.323 e. The van der Waals surface area contributed by atoms with E-state index >= 15 is 0 Å². The van der Waals surface area contributed by atoms with Crippen LogP contribution in [0.1, 0.15) is 31.2 Å². The molecule has 0 saturated heterocycles. The maximum Gasteiger partial charge on any atom is 0.324 e. The van der Waals surface area contributed by atoms with Crippen molar-refractivity contribution in [1.82, 2.24) is 15.1 Å². The van der Waals surface area contributed by atoms with Crippen LogP contribution in [-0.4, -0.2) is 22.2 Å². The van der Waals surface area contributed by atoms with Gasteiger partial charge in [0.2, 0.25) is 0 Å². The Kier molecular flexibility index (Phi) is 3.37. The molecule has 0 saturated carbocycles. The Balaban J connectivity index is 2.07. The van der Waals surface area contributed by atoms with Crippen LogP contribution >= 0.6 is 0 Å². The van der Waals surface area contributed by atoms with Gasteiger partial charge in [-0.2, -0.15) is 4.98 Å². The van der Waals surface area contributed by atoms with Crippen molar-refractivity contribution in [3.05, 3.63) is 35.9 Å². The second-order valence-corrected chi connectivity index (χ2v) is 4.31. The van der Waals surface area contributed by atoms with E-state index in [-0.39, 0.29) is 5.92 Å². The molecule has 0 fully saturated rings. The molecule has 2 heterocycles. The van der Waals surface area contributed by atoms with Gasteiger partial charge in [-0.15, -0.1) is 0 Å². The summed E-state index contributed by atoms with van der Waals surface area (Å²) in [6, 6.07) is 4.47. The fourth-order valence-electron chi connectivity index (χ4n) is 1.45. The van der Waals surface area contributed by atoms with E-state index in [0.717, 1.165) is 11.4 Å². The quantitative estimate of drug-likeness (QED) is 0.809. The van der Waals surface area contributed by atoms with Gasteiger partial charge in [-0.3, -0.25) is 4.98 Å². The maximum absolute atomic E-state index is 5.20. The summed E-state index contributed by atoms with van der Waals surface area (Å²) < 4.78 is 5.20. The average molecular weight is 232 g/mol. The van der Waals surface area contributed by atoms with E-state index in [1.54, 1.807) is 6.20 Å². The van der Waals surface area contributed by atoms with Gasteiger partial charge in [0.1, 0.15) is 0 Å². The molecule has 0 N–H and O–H groups in total. The fraction of sp³-hybridized carbons (Fsp3) is 0.417. The molecule has 5 heteroatoms. The van der Waals surface area contributed by atoms with Crippen molar-refractivity contribution in [2.24, 2.45) is 0 Å². The molecular weight excluding hydrogens is 216 g/mol. The molecule has 0 spiro atoms. The van der Waals surface area contributed by atoms with E-state index in [4.69, 9.17) is 4.52 Å². The molecule has 2 rings (SSSR count). The van der Waals surface area contributed by atoms with E-state index in [2.05, 4.69) is 15.1 Å². The largest absolute Gasteiger partial charge is 0.324 e. The van der Waals surface area contributed by atoms with E-state index in [1.165, 1.54) is 0 Å². The molecule has 2 aromatic rings. The summed E-state index contributed by atoms with van der Waals surface area (Å²) in [5.74, 6) is 1.01. The molecule has 0 unspecified atom stereocenters. The Labute approximate surface area is 100 Å². The normalized spacial score (nSPS) is 10.8. The minimum Gasteiger partial charge on any atom is -0.323 e. The monoisotopic (exact) mass is 232 g/mol.